The topological polar surface area (TPSA) is 63.5 Å². The fraction of sp³-hybridized carbons (Fsp3) is 0.464. The number of likely N-dealkylation sites (tertiary alicyclic amines) is 1. The molecule has 40 heavy (non-hydrogen) atoms. The van der Waals surface area contributed by atoms with E-state index in [1.54, 1.807) is 23.4 Å². The lowest BCUT2D eigenvalue weighted by Crippen LogP contribution is -2.49. The molecule has 0 bridgehead atoms. The van der Waals surface area contributed by atoms with E-state index in [9.17, 15) is 26.7 Å². The summed E-state index contributed by atoms with van der Waals surface area (Å²) in [6.07, 6.45) is -5.79. The zero-order valence-corrected chi connectivity index (χ0v) is 21.8. The van der Waals surface area contributed by atoms with Gasteiger partial charge in [-0.2, -0.15) is 13.2 Å². The monoisotopic (exact) mass is 561 g/mol. The highest BCUT2D eigenvalue weighted by Gasteiger charge is 2.44. The van der Waals surface area contributed by atoms with E-state index >= 15 is 0 Å². The standard InChI is InChI=1S/C28H28F5N5O2/c1-36-16-34-35-25(36)10-27(14-40-15-27)18-3-2-4-19(9-18)38-12-21-20(26(38)39)7-17(8-22(21)28(31,32)33)11-37-6-5-23(29)24(30)13-37/h2-4,7-9,16,23-24H,5-6,10-15H2,1H3/t23-,24+/m0/s1. The predicted molar refractivity (Wildman–Crippen MR) is 135 cm³/mol. The third-order valence-corrected chi connectivity index (χ3v) is 8.19. The molecule has 2 saturated heterocycles. The molecule has 2 aromatic carbocycles. The number of alkyl halides is 5. The van der Waals surface area contributed by atoms with Gasteiger partial charge in [-0.1, -0.05) is 12.1 Å². The number of anilines is 1. The van der Waals surface area contributed by atoms with Crippen LogP contribution >= 0.6 is 0 Å². The summed E-state index contributed by atoms with van der Waals surface area (Å²) in [7, 11) is 1.85. The smallest absolute Gasteiger partial charge is 0.379 e. The number of carbonyl (C=O) groups is 1. The molecule has 3 aromatic rings. The van der Waals surface area contributed by atoms with Crippen molar-refractivity contribution < 1.29 is 31.5 Å². The first-order valence-corrected chi connectivity index (χ1v) is 13.1. The fourth-order valence-electron chi connectivity index (χ4n) is 5.85. The highest BCUT2D eigenvalue weighted by molar-refractivity contribution is 6.10. The second-order valence-corrected chi connectivity index (χ2v) is 11.0. The average Bonchev–Trinajstić information content (AvgIpc) is 3.45. The van der Waals surface area contributed by atoms with Gasteiger partial charge in [-0.15, -0.1) is 10.2 Å². The minimum atomic E-state index is -4.68. The Morgan fingerprint density at radius 1 is 1.12 bits per heavy atom. The SMILES string of the molecule is Cn1cnnc1CC1(c2cccc(N3Cc4c(cc(CN5CC[C@H](F)[C@H](F)C5)cc4C(F)(F)F)C3=O)c2)COC1. The third kappa shape index (κ3) is 4.77. The van der Waals surface area contributed by atoms with Crippen molar-refractivity contribution in [3.8, 4) is 0 Å². The number of ether oxygens (including phenoxy) is 1. The molecule has 0 radical (unpaired) electrons. The summed E-state index contributed by atoms with van der Waals surface area (Å²) in [4.78, 5) is 16.5. The van der Waals surface area contributed by atoms with Gasteiger partial charge >= 0.3 is 6.18 Å². The van der Waals surface area contributed by atoms with E-state index in [0.29, 0.717) is 25.3 Å². The lowest BCUT2D eigenvalue weighted by molar-refractivity contribution is -0.138. The first kappa shape index (κ1) is 26.8. The Morgan fingerprint density at radius 3 is 2.58 bits per heavy atom. The summed E-state index contributed by atoms with van der Waals surface area (Å²) in [5, 5.41) is 8.12. The molecular formula is C28H28F5N5O2. The first-order chi connectivity index (χ1) is 19.0. The summed E-state index contributed by atoms with van der Waals surface area (Å²) >= 11 is 0. The van der Waals surface area contributed by atoms with Crippen LogP contribution in [0.2, 0.25) is 0 Å². The zero-order chi connectivity index (χ0) is 28.2. The van der Waals surface area contributed by atoms with E-state index in [-0.39, 0.29) is 49.3 Å². The molecule has 3 aliphatic heterocycles. The lowest BCUT2D eigenvalue weighted by Gasteiger charge is -2.42. The number of halogens is 5. The second-order valence-electron chi connectivity index (χ2n) is 11.0. The van der Waals surface area contributed by atoms with Gasteiger partial charge in [0, 0.05) is 49.8 Å². The van der Waals surface area contributed by atoms with Crippen LogP contribution in [-0.2, 0) is 42.9 Å². The number of piperidine rings is 1. The van der Waals surface area contributed by atoms with Crippen LogP contribution in [-0.4, -0.2) is 64.2 Å². The minimum absolute atomic E-state index is 0.00314. The van der Waals surface area contributed by atoms with Gasteiger partial charge in [0.1, 0.15) is 24.5 Å². The lowest BCUT2D eigenvalue weighted by atomic mass is 9.75. The van der Waals surface area contributed by atoms with Crippen LogP contribution < -0.4 is 4.90 Å². The van der Waals surface area contributed by atoms with E-state index in [4.69, 9.17) is 4.74 Å². The molecule has 2 fully saturated rings. The fourth-order valence-corrected chi connectivity index (χ4v) is 5.85. The van der Waals surface area contributed by atoms with Crippen LogP contribution in [0.4, 0.5) is 27.6 Å². The van der Waals surface area contributed by atoms with Gasteiger partial charge < -0.3 is 14.2 Å². The molecule has 12 heteroatoms. The zero-order valence-electron chi connectivity index (χ0n) is 21.8. The van der Waals surface area contributed by atoms with E-state index in [1.165, 1.54) is 11.0 Å². The highest BCUT2D eigenvalue weighted by atomic mass is 19.4. The average molecular weight is 562 g/mol. The van der Waals surface area contributed by atoms with Crippen molar-refractivity contribution in [2.75, 3.05) is 31.2 Å². The predicted octanol–water partition coefficient (Wildman–Crippen LogP) is 4.39. The number of carbonyl (C=O) groups excluding carboxylic acids is 1. The Balaban J connectivity index is 1.30. The van der Waals surface area contributed by atoms with Gasteiger partial charge in [-0.25, -0.2) is 8.78 Å². The number of hydrogen-bond donors (Lipinski definition) is 0. The molecule has 6 rings (SSSR count). The Hall–Kier alpha value is -3.38. The van der Waals surface area contributed by atoms with Crippen molar-refractivity contribution in [2.45, 2.75) is 49.9 Å². The summed E-state index contributed by atoms with van der Waals surface area (Å²) in [6, 6.07) is 9.74. The van der Waals surface area contributed by atoms with Crippen LogP contribution in [0.1, 0.15) is 44.9 Å². The maximum atomic E-state index is 14.2. The van der Waals surface area contributed by atoms with Crippen LogP contribution in [0.15, 0.2) is 42.7 Å². The summed E-state index contributed by atoms with van der Waals surface area (Å²) in [6.45, 7) is 0.687. The van der Waals surface area contributed by atoms with Crippen LogP contribution in [0.25, 0.3) is 0 Å². The van der Waals surface area contributed by atoms with Gasteiger partial charge in [-0.05, 0) is 47.4 Å². The summed E-state index contributed by atoms with van der Waals surface area (Å²) in [5.74, 6) is 0.244. The number of amides is 1. The molecule has 4 heterocycles. The van der Waals surface area contributed by atoms with Gasteiger partial charge in [0.25, 0.3) is 5.91 Å². The molecule has 0 saturated carbocycles. The Kier molecular flexibility index (Phi) is 6.65. The Labute approximate surface area is 227 Å². The largest absolute Gasteiger partial charge is 0.416 e. The molecular weight excluding hydrogens is 533 g/mol. The Morgan fingerprint density at radius 2 is 1.93 bits per heavy atom. The minimum Gasteiger partial charge on any atom is -0.379 e. The van der Waals surface area contributed by atoms with Gasteiger partial charge in [-0.3, -0.25) is 9.69 Å². The van der Waals surface area contributed by atoms with E-state index < -0.39 is 35.4 Å². The molecule has 7 nitrogen and oxygen atoms in total. The molecule has 1 aromatic heterocycles. The number of fused-ring (bicyclic) bond motifs is 1. The highest BCUT2D eigenvalue weighted by Crippen LogP contribution is 2.42. The van der Waals surface area contributed by atoms with Crippen molar-refractivity contribution >= 4 is 11.6 Å². The molecule has 1 amide bonds. The quantitative estimate of drug-likeness (QED) is 0.418. The molecule has 0 N–H and O–H groups in total. The third-order valence-electron chi connectivity index (χ3n) is 8.19. The number of hydrogen-bond acceptors (Lipinski definition) is 5. The number of aryl methyl sites for hydroxylation is 1. The summed E-state index contributed by atoms with van der Waals surface area (Å²) < 4.78 is 77.4. The molecule has 212 valence electrons. The van der Waals surface area contributed by atoms with Crippen molar-refractivity contribution in [3.63, 3.8) is 0 Å². The van der Waals surface area contributed by atoms with Crippen molar-refractivity contribution in [1.82, 2.24) is 19.7 Å². The van der Waals surface area contributed by atoms with Gasteiger partial charge in [0.05, 0.1) is 25.3 Å². The summed E-state index contributed by atoms with van der Waals surface area (Å²) in [5.41, 5.74) is 0.258. The van der Waals surface area contributed by atoms with Gasteiger partial charge in [0.2, 0.25) is 0 Å². The van der Waals surface area contributed by atoms with Crippen LogP contribution in [0.5, 0.6) is 0 Å². The van der Waals surface area contributed by atoms with Crippen molar-refractivity contribution in [2.24, 2.45) is 7.05 Å². The first-order valence-electron chi connectivity index (χ1n) is 13.1. The normalized spacial score (nSPS) is 22.9. The maximum Gasteiger partial charge on any atom is 0.416 e. The van der Waals surface area contributed by atoms with Gasteiger partial charge in [0.15, 0.2) is 0 Å². The van der Waals surface area contributed by atoms with Crippen molar-refractivity contribution in [3.05, 3.63) is 76.4 Å². The van der Waals surface area contributed by atoms with Crippen LogP contribution in [0, 0.1) is 0 Å². The van der Waals surface area contributed by atoms with E-state index in [2.05, 4.69) is 10.2 Å². The van der Waals surface area contributed by atoms with Crippen molar-refractivity contribution in [1.29, 1.82) is 0 Å². The molecule has 0 spiro atoms. The maximum absolute atomic E-state index is 14.2. The van der Waals surface area contributed by atoms with Crippen LogP contribution in [0.3, 0.4) is 0 Å². The second kappa shape index (κ2) is 9.91. The molecule has 3 aliphatic rings. The molecule has 2 atom stereocenters. The number of nitrogens with zero attached hydrogens (tertiary/aromatic N) is 5. The molecule has 0 unspecified atom stereocenters. The Bertz CT molecular complexity index is 1440. The molecule has 0 aliphatic carbocycles. The van der Waals surface area contributed by atoms with E-state index in [0.717, 1.165) is 17.5 Å². The van der Waals surface area contributed by atoms with E-state index in [1.807, 2.05) is 23.7 Å². The number of aromatic nitrogens is 3. The number of rotatable bonds is 6. The number of benzene rings is 2.